The minimum absolute atomic E-state index is 0.105. The van der Waals surface area contributed by atoms with Crippen molar-refractivity contribution in [2.45, 2.75) is 19.5 Å². The van der Waals surface area contributed by atoms with Gasteiger partial charge in [0.15, 0.2) is 11.5 Å². The monoisotopic (exact) mass is 425 g/mol. The van der Waals surface area contributed by atoms with Gasteiger partial charge in [-0.3, -0.25) is 14.5 Å². The van der Waals surface area contributed by atoms with Crippen LogP contribution in [0, 0.1) is 6.92 Å². The number of hydrogen-bond acceptors (Lipinski definition) is 6. The topological polar surface area (TPSA) is 89.1 Å². The number of morpholine rings is 1. The van der Waals surface area contributed by atoms with Crippen molar-refractivity contribution in [1.82, 2.24) is 15.5 Å². The van der Waals surface area contributed by atoms with E-state index in [1.54, 1.807) is 0 Å². The number of benzene rings is 2. The second kappa shape index (κ2) is 9.80. The van der Waals surface area contributed by atoms with Crippen molar-refractivity contribution in [3.05, 3.63) is 59.2 Å². The zero-order valence-electron chi connectivity index (χ0n) is 17.6. The number of aryl methyl sites for hydroxylation is 1. The van der Waals surface area contributed by atoms with E-state index in [1.165, 1.54) is 0 Å². The van der Waals surface area contributed by atoms with Crippen molar-refractivity contribution in [2.24, 2.45) is 0 Å². The molecule has 2 N–H and O–H groups in total. The summed E-state index contributed by atoms with van der Waals surface area (Å²) in [6.07, 6.45) is 0. The summed E-state index contributed by atoms with van der Waals surface area (Å²) in [6.45, 7) is 5.55. The molecule has 2 aliphatic heterocycles. The van der Waals surface area contributed by atoms with E-state index in [0.29, 0.717) is 37.8 Å². The molecule has 4 rings (SSSR count). The average molecular weight is 425 g/mol. The van der Waals surface area contributed by atoms with Crippen LogP contribution in [-0.4, -0.2) is 56.4 Å². The van der Waals surface area contributed by atoms with E-state index in [1.807, 2.05) is 49.4 Å². The quantitative estimate of drug-likeness (QED) is 0.683. The Hall–Kier alpha value is -3.10. The van der Waals surface area contributed by atoms with E-state index in [4.69, 9.17) is 14.2 Å². The van der Waals surface area contributed by atoms with Crippen molar-refractivity contribution in [1.29, 1.82) is 0 Å². The number of nitrogens with zero attached hydrogens (tertiary/aromatic N) is 1. The van der Waals surface area contributed by atoms with Gasteiger partial charge in [-0.25, -0.2) is 0 Å². The summed E-state index contributed by atoms with van der Waals surface area (Å²) in [4.78, 5) is 27.0. The number of fused-ring (bicyclic) bond motifs is 1. The summed E-state index contributed by atoms with van der Waals surface area (Å²) in [6, 6.07) is 13.4. The maximum atomic E-state index is 12.4. The van der Waals surface area contributed by atoms with Crippen LogP contribution < -0.4 is 20.1 Å². The van der Waals surface area contributed by atoms with E-state index < -0.39 is 11.8 Å². The third-order valence-electron chi connectivity index (χ3n) is 5.63. The molecule has 164 valence electrons. The molecule has 31 heavy (non-hydrogen) atoms. The Kier molecular flexibility index (Phi) is 6.69. The largest absolute Gasteiger partial charge is 0.454 e. The standard InChI is InChI=1S/C23H27N3O5/c1-16-4-2-3-5-18(16)13-24-22(27)23(28)25-14-19(26-8-10-29-11-9-26)17-6-7-20-21(12-17)31-15-30-20/h2-7,12,19H,8-11,13-15H2,1H3,(H,24,27)(H,25,28)/t19-/m1/s1. The summed E-state index contributed by atoms with van der Waals surface area (Å²) in [5.74, 6) is 0.115. The van der Waals surface area contributed by atoms with Gasteiger partial charge in [0, 0.05) is 26.2 Å². The van der Waals surface area contributed by atoms with Gasteiger partial charge >= 0.3 is 11.8 Å². The number of carbonyl (C=O) groups is 2. The SMILES string of the molecule is Cc1ccccc1CNC(=O)C(=O)NC[C@H](c1ccc2c(c1)OCO2)N1CCOCC1. The van der Waals surface area contributed by atoms with E-state index in [2.05, 4.69) is 15.5 Å². The zero-order valence-corrected chi connectivity index (χ0v) is 17.6. The van der Waals surface area contributed by atoms with Crippen LogP contribution in [0.3, 0.4) is 0 Å². The van der Waals surface area contributed by atoms with E-state index in [0.717, 1.165) is 29.8 Å². The lowest BCUT2D eigenvalue weighted by atomic mass is 10.0. The van der Waals surface area contributed by atoms with Gasteiger partial charge in [-0.05, 0) is 35.7 Å². The molecule has 2 aromatic rings. The van der Waals surface area contributed by atoms with Crippen LogP contribution in [0.2, 0.25) is 0 Å². The highest BCUT2D eigenvalue weighted by atomic mass is 16.7. The molecule has 1 fully saturated rings. The lowest BCUT2D eigenvalue weighted by Gasteiger charge is -2.34. The van der Waals surface area contributed by atoms with E-state index in [9.17, 15) is 9.59 Å². The van der Waals surface area contributed by atoms with E-state index in [-0.39, 0.29) is 12.8 Å². The van der Waals surface area contributed by atoms with Crippen molar-refractivity contribution in [3.8, 4) is 11.5 Å². The first kappa shape index (κ1) is 21.1. The first-order valence-electron chi connectivity index (χ1n) is 10.4. The molecule has 0 aromatic heterocycles. The highest BCUT2D eigenvalue weighted by Crippen LogP contribution is 2.35. The highest BCUT2D eigenvalue weighted by molar-refractivity contribution is 6.35. The fourth-order valence-corrected chi connectivity index (χ4v) is 3.80. The first-order valence-corrected chi connectivity index (χ1v) is 10.4. The summed E-state index contributed by atoms with van der Waals surface area (Å²) < 4.78 is 16.4. The molecule has 8 heteroatoms. The van der Waals surface area contributed by atoms with Gasteiger partial charge in [-0.15, -0.1) is 0 Å². The molecule has 0 aliphatic carbocycles. The normalized spacial score (nSPS) is 16.5. The maximum Gasteiger partial charge on any atom is 0.309 e. The second-order valence-corrected chi connectivity index (χ2v) is 7.60. The molecule has 2 aromatic carbocycles. The van der Waals surface area contributed by atoms with Crippen LogP contribution in [-0.2, 0) is 20.9 Å². The van der Waals surface area contributed by atoms with E-state index >= 15 is 0 Å². The second-order valence-electron chi connectivity index (χ2n) is 7.60. The molecular weight excluding hydrogens is 398 g/mol. The van der Waals surface area contributed by atoms with Crippen LogP contribution in [0.15, 0.2) is 42.5 Å². The Bertz CT molecular complexity index is 943. The summed E-state index contributed by atoms with van der Waals surface area (Å²) in [5, 5.41) is 5.49. The van der Waals surface area contributed by atoms with Crippen LogP contribution in [0.1, 0.15) is 22.7 Å². The Balaban J connectivity index is 1.39. The molecule has 2 aliphatic rings. The number of rotatable bonds is 6. The van der Waals surface area contributed by atoms with Gasteiger partial charge in [0.25, 0.3) is 0 Å². The fraction of sp³-hybridized carbons (Fsp3) is 0.391. The number of hydrogen-bond donors (Lipinski definition) is 2. The molecule has 1 atom stereocenters. The molecule has 0 saturated carbocycles. The molecule has 1 saturated heterocycles. The fourth-order valence-electron chi connectivity index (χ4n) is 3.80. The molecule has 2 heterocycles. The van der Waals surface area contributed by atoms with Gasteiger partial charge in [0.2, 0.25) is 6.79 Å². The van der Waals surface area contributed by atoms with Gasteiger partial charge in [0.1, 0.15) is 0 Å². The Labute approximate surface area is 181 Å². The van der Waals surface area contributed by atoms with Gasteiger partial charge in [0.05, 0.1) is 19.3 Å². The maximum absolute atomic E-state index is 12.4. The number of ether oxygens (including phenoxy) is 3. The van der Waals surface area contributed by atoms with Crippen LogP contribution >= 0.6 is 0 Å². The smallest absolute Gasteiger partial charge is 0.309 e. The Morgan fingerprint density at radius 3 is 2.55 bits per heavy atom. The molecule has 0 radical (unpaired) electrons. The summed E-state index contributed by atoms with van der Waals surface area (Å²) >= 11 is 0. The van der Waals surface area contributed by atoms with Crippen LogP contribution in [0.5, 0.6) is 11.5 Å². The predicted molar refractivity (Wildman–Crippen MR) is 114 cm³/mol. The van der Waals surface area contributed by atoms with Crippen molar-refractivity contribution < 1.29 is 23.8 Å². The Morgan fingerprint density at radius 2 is 1.74 bits per heavy atom. The van der Waals surface area contributed by atoms with Gasteiger partial charge in [-0.2, -0.15) is 0 Å². The third-order valence-corrected chi connectivity index (χ3v) is 5.63. The van der Waals surface area contributed by atoms with Crippen molar-refractivity contribution in [3.63, 3.8) is 0 Å². The molecule has 8 nitrogen and oxygen atoms in total. The van der Waals surface area contributed by atoms with Gasteiger partial charge in [-0.1, -0.05) is 30.3 Å². The summed E-state index contributed by atoms with van der Waals surface area (Å²) in [5.41, 5.74) is 3.04. The molecular formula is C23H27N3O5. The predicted octanol–water partition coefficient (Wildman–Crippen LogP) is 1.53. The average Bonchev–Trinajstić information content (AvgIpc) is 3.27. The highest BCUT2D eigenvalue weighted by Gasteiger charge is 2.26. The summed E-state index contributed by atoms with van der Waals surface area (Å²) in [7, 11) is 0. The van der Waals surface area contributed by atoms with Crippen molar-refractivity contribution >= 4 is 11.8 Å². The number of nitrogens with one attached hydrogen (secondary N) is 2. The Morgan fingerprint density at radius 1 is 1.00 bits per heavy atom. The van der Waals surface area contributed by atoms with Crippen molar-refractivity contribution in [2.75, 3.05) is 39.6 Å². The minimum atomic E-state index is -0.646. The number of amides is 2. The lowest BCUT2D eigenvalue weighted by molar-refractivity contribution is -0.139. The molecule has 0 unspecified atom stereocenters. The van der Waals surface area contributed by atoms with Crippen LogP contribution in [0.25, 0.3) is 0 Å². The first-order chi connectivity index (χ1) is 15.1. The number of carbonyl (C=O) groups excluding carboxylic acids is 2. The van der Waals surface area contributed by atoms with Crippen LogP contribution in [0.4, 0.5) is 0 Å². The minimum Gasteiger partial charge on any atom is -0.454 e. The lowest BCUT2D eigenvalue weighted by Crippen LogP contribution is -2.46. The zero-order chi connectivity index (χ0) is 21.6. The molecule has 0 bridgehead atoms. The van der Waals surface area contributed by atoms with Gasteiger partial charge < -0.3 is 24.8 Å². The third kappa shape index (κ3) is 5.15. The molecule has 0 spiro atoms. The molecule has 2 amide bonds.